The molecule has 0 radical (unpaired) electrons. The summed E-state index contributed by atoms with van der Waals surface area (Å²) in [4.78, 5) is 0.155. The van der Waals surface area contributed by atoms with E-state index in [4.69, 9.17) is 9.15 Å². The monoisotopic (exact) mass is 311 g/mol. The van der Waals surface area contributed by atoms with Crippen LogP contribution >= 0.6 is 0 Å². The maximum atomic E-state index is 12.2. The van der Waals surface area contributed by atoms with Crippen molar-refractivity contribution in [3.05, 3.63) is 47.9 Å². The predicted molar refractivity (Wildman–Crippen MR) is 76.6 cm³/mol. The van der Waals surface area contributed by atoms with E-state index >= 15 is 0 Å². The Morgan fingerprint density at radius 2 is 2.14 bits per heavy atom. The summed E-state index contributed by atoms with van der Waals surface area (Å²) in [5.41, 5.74) is 1.09. The lowest BCUT2D eigenvalue weighted by Gasteiger charge is -2.13. The molecule has 2 aromatic rings. The zero-order chi connectivity index (χ0) is 15.5. The average molecular weight is 311 g/mol. The minimum absolute atomic E-state index is 0.132. The summed E-state index contributed by atoms with van der Waals surface area (Å²) in [5, 5.41) is 9.86. The van der Waals surface area contributed by atoms with Gasteiger partial charge in [-0.1, -0.05) is 0 Å². The smallest absolute Gasteiger partial charge is 0.240 e. The molecule has 6 nitrogen and oxygen atoms in total. The third-order valence-corrected chi connectivity index (χ3v) is 4.65. The quantitative estimate of drug-likeness (QED) is 0.846. The molecule has 21 heavy (non-hydrogen) atoms. The molecule has 7 heteroatoms. The molecule has 0 saturated carbocycles. The van der Waals surface area contributed by atoms with Gasteiger partial charge in [-0.15, -0.1) is 0 Å². The number of sulfonamides is 1. The topological polar surface area (TPSA) is 88.8 Å². The largest absolute Gasteiger partial charge is 0.497 e. The maximum absolute atomic E-state index is 12.2. The van der Waals surface area contributed by atoms with Crippen molar-refractivity contribution in [1.82, 2.24) is 4.72 Å². The average Bonchev–Trinajstić information content (AvgIpc) is 2.98. The van der Waals surface area contributed by atoms with Gasteiger partial charge >= 0.3 is 0 Å². The summed E-state index contributed by atoms with van der Waals surface area (Å²) < 4.78 is 36.8. The fourth-order valence-corrected chi connectivity index (χ4v) is 3.16. The first-order valence-electron chi connectivity index (χ1n) is 6.28. The predicted octanol–water partition coefficient (Wildman–Crippen LogP) is 1.61. The molecular weight excluding hydrogens is 294 g/mol. The number of hydrogen-bond donors (Lipinski definition) is 2. The summed E-state index contributed by atoms with van der Waals surface area (Å²) in [6.07, 6.45) is 1.83. The molecule has 2 N–H and O–H groups in total. The van der Waals surface area contributed by atoms with Crippen LogP contribution in [0, 0.1) is 6.92 Å². The number of furan rings is 1. The molecule has 0 aliphatic heterocycles. The number of rotatable bonds is 6. The molecule has 2 rings (SSSR count). The molecule has 0 bridgehead atoms. The Kier molecular flexibility index (Phi) is 4.66. The van der Waals surface area contributed by atoms with Crippen LogP contribution in [0.1, 0.15) is 17.2 Å². The summed E-state index contributed by atoms with van der Waals surface area (Å²) >= 11 is 0. The van der Waals surface area contributed by atoms with E-state index in [1.54, 1.807) is 25.1 Å². The van der Waals surface area contributed by atoms with E-state index in [0.29, 0.717) is 16.9 Å². The molecule has 0 saturated heterocycles. The van der Waals surface area contributed by atoms with Gasteiger partial charge in [-0.3, -0.25) is 0 Å². The minimum Gasteiger partial charge on any atom is -0.497 e. The van der Waals surface area contributed by atoms with Crippen LogP contribution in [0.5, 0.6) is 5.75 Å². The van der Waals surface area contributed by atoms with Gasteiger partial charge < -0.3 is 14.3 Å². The first kappa shape index (κ1) is 15.6. The van der Waals surface area contributed by atoms with Crippen LogP contribution in [0.25, 0.3) is 0 Å². The lowest BCUT2D eigenvalue weighted by molar-refractivity contribution is 0.181. The SMILES string of the molecule is COc1ccc(S(=O)(=O)NC[C@H](O)c2ccoc2)c(C)c1. The highest BCUT2D eigenvalue weighted by atomic mass is 32.2. The van der Waals surface area contributed by atoms with Crippen LogP contribution in [0.15, 0.2) is 46.1 Å². The second-order valence-electron chi connectivity index (χ2n) is 4.56. The molecule has 1 atom stereocenters. The molecule has 0 amide bonds. The molecule has 0 aliphatic rings. The van der Waals surface area contributed by atoms with Gasteiger partial charge in [0.05, 0.1) is 30.6 Å². The second-order valence-corrected chi connectivity index (χ2v) is 6.29. The van der Waals surface area contributed by atoms with Crippen molar-refractivity contribution in [2.75, 3.05) is 13.7 Å². The number of methoxy groups -OCH3 is 1. The van der Waals surface area contributed by atoms with Crippen molar-refractivity contribution in [2.24, 2.45) is 0 Å². The fraction of sp³-hybridized carbons (Fsp3) is 0.286. The first-order chi connectivity index (χ1) is 9.94. The summed E-state index contributed by atoms with van der Waals surface area (Å²) in [7, 11) is -2.18. The molecular formula is C14H17NO5S. The third kappa shape index (κ3) is 3.63. The Bertz CT molecular complexity index is 694. The van der Waals surface area contributed by atoms with Gasteiger partial charge in [0.1, 0.15) is 5.75 Å². The summed E-state index contributed by atoms with van der Waals surface area (Å²) in [6, 6.07) is 6.27. The number of ether oxygens (including phenoxy) is 1. The highest BCUT2D eigenvalue weighted by Crippen LogP contribution is 2.21. The van der Waals surface area contributed by atoms with Gasteiger partial charge in [-0.25, -0.2) is 13.1 Å². The number of aryl methyl sites for hydroxylation is 1. The van der Waals surface area contributed by atoms with Crippen LogP contribution in [-0.4, -0.2) is 27.2 Å². The van der Waals surface area contributed by atoms with Crippen LogP contribution in [0.4, 0.5) is 0 Å². The summed E-state index contributed by atoms with van der Waals surface area (Å²) in [6.45, 7) is 1.55. The van der Waals surface area contributed by atoms with Gasteiger partial charge in [0.2, 0.25) is 10.0 Å². The van der Waals surface area contributed by atoms with Gasteiger partial charge in [0.15, 0.2) is 0 Å². The van der Waals surface area contributed by atoms with E-state index in [1.165, 1.54) is 25.7 Å². The Morgan fingerprint density at radius 3 is 2.71 bits per heavy atom. The van der Waals surface area contributed by atoms with E-state index in [9.17, 15) is 13.5 Å². The number of aliphatic hydroxyl groups excluding tert-OH is 1. The van der Waals surface area contributed by atoms with Crippen LogP contribution in [0.3, 0.4) is 0 Å². The molecule has 1 aromatic carbocycles. The van der Waals surface area contributed by atoms with Gasteiger partial charge in [0.25, 0.3) is 0 Å². The van der Waals surface area contributed by atoms with Crippen LogP contribution in [0.2, 0.25) is 0 Å². The highest BCUT2D eigenvalue weighted by molar-refractivity contribution is 7.89. The molecule has 0 fully saturated rings. The van der Waals surface area contributed by atoms with Crippen molar-refractivity contribution in [3.8, 4) is 5.75 Å². The van der Waals surface area contributed by atoms with E-state index in [1.807, 2.05) is 0 Å². The number of hydrogen-bond acceptors (Lipinski definition) is 5. The van der Waals surface area contributed by atoms with Crippen molar-refractivity contribution in [2.45, 2.75) is 17.9 Å². The van der Waals surface area contributed by atoms with Crippen LogP contribution < -0.4 is 9.46 Å². The standard InChI is InChI=1S/C14H17NO5S/c1-10-7-12(19-2)3-4-14(10)21(17,18)15-8-13(16)11-5-6-20-9-11/h3-7,9,13,15-16H,8H2,1-2H3/t13-/m0/s1. The first-order valence-corrected chi connectivity index (χ1v) is 7.77. The van der Waals surface area contributed by atoms with Gasteiger partial charge in [0, 0.05) is 12.1 Å². The number of aliphatic hydroxyl groups is 1. The minimum atomic E-state index is -3.70. The molecule has 114 valence electrons. The zero-order valence-electron chi connectivity index (χ0n) is 11.7. The lowest BCUT2D eigenvalue weighted by atomic mass is 10.2. The highest BCUT2D eigenvalue weighted by Gasteiger charge is 2.19. The third-order valence-electron chi connectivity index (χ3n) is 3.07. The molecule has 1 aromatic heterocycles. The Labute approximate surface area is 123 Å². The maximum Gasteiger partial charge on any atom is 0.240 e. The molecule has 0 aliphatic carbocycles. The zero-order valence-corrected chi connectivity index (χ0v) is 12.6. The van der Waals surface area contributed by atoms with E-state index in [2.05, 4.69) is 4.72 Å². The molecule has 0 spiro atoms. The van der Waals surface area contributed by atoms with E-state index in [-0.39, 0.29) is 11.4 Å². The number of benzene rings is 1. The fourth-order valence-electron chi connectivity index (χ4n) is 1.90. The van der Waals surface area contributed by atoms with E-state index < -0.39 is 16.1 Å². The summed E-state index contributed by atoms with van der Waals surface area (Å²) in [5.74, 6) is 0.588. The number of nitrogens with one attached hydrogen (secondary N) is 1. The Hall–Kier alpha value is -1.83. The second kappa shape index (κ2) is 6.30. The molecule has 0 unspecified atom stereocenters. The Morgan fingerprint density at radius 1 is 1.38 bits per heavy atom. The van der Waals surface area contributed by atoms with Crippen molar-refractivity contribution < 1.29 is 22.7 Å². The van der Waals surface area contributed by atoms with Crippen molar-refractivity contribution >= 4 is 10.0 Å². The molecule has 1 heterocycles. The normalized spacial score (nSPS) is 13.1. The van der Waals surface area contributed by atoms with Crippen LogP contribution in [-0.2, 0) is 10.0 Å². The van der Waals surface area contributed by atoms with Crippen molar-refractivity contribution in [1.29, 1.82) is 0 Å². The lowest BCUT2D eigenvalue weighted by Crippen LogP contribution is -2.29. The Balaban J connectivity index is 2.11. The van der Waals surface area contributed by atoms with Crippen molar-refractivity contribution in [3.63, 3.8) is 0 Å². The van der Waals surface area contributed by atoms with Gasteiger partial charge in [-0.05, 0) is 36.8 Å². The van der Waals surface area contributed by atoms with Gasteiger partial charge in [-0.2, -0.15) is 0 Å². The van der Waals surface area contributed by atoms with E-state index in [0.717, 1.165) is 0 Å².